The van der Waals surface area contributed by atoms with E-state index in [1.165, 1.54) is 0 Å². The lowest BCUT2D eigenvalue weighted by Crippen LogP contribution is -2.36. The molecule has 0 saturated heterocycles. The zero-order valence-corrected chi connectivity index (χ0v) is 13.8. The SMILES string of the molecule is Cn1cc(CNCC2Cn3nnc(-c4ccnn4C)c3CO2)cn1. The maximum Gasteiger partial charge on any atom is 0.136 e. The number of aryl methyl sites for hydroxylation is 2. The Morgan fingerprint density at radius 1 is 1.33 bits per heavy atom. The number of aromatic nitrogens is 7. The second-order valence-electron chi connectivity index (χ2n) is 5.99. The van der Waals surface area contributed by atoms with Gasteiger partial charge in [0, 0.05) is 45.1 Å². The standard InChI is InChI=1S/C15H20N8O/c1-21-8-11(6-18-21)5-16-7-12-9-23-14(10-24-12)15(19-20-23)13-3-4-17-22(13)2/h3-4,6,8,12,16H,5,7,9-10H2,1-2H3. The molecule has 4 heterocycles. The fraction of sp³-hybridized carbons (Fsp3) is 0.467. The summed E-state index contributed by atoms with van der Waals surface area (Å²) < 4.78 is 11.5. The van der Waals surface area contributed by atoms with Gasteiger partial charge in [-0.3, -0.25) is 9.36 Å². The molecule has 1 N–H and O–H groups in total. The van der Waals surface area contributed by atoms with Crippen molar-refractivity contribution in [1.82, 2.24) is 39.9 Å². The van der Waals surface area contributed by atoms with E-state index in [-0.39, 0.29) is 6.10 Å². The second-order valence-corrected chi connectivity index (χ2v) is 5.99. The van der Waals surface area contributed by atoms with Gasteiger partial charge < -0.3 is 10.1 Å². The van der Waals surface area contributed by atoms with Crippen LogP contribution in [0.3, 0.4) is 0 Å². The minimum absolute atomic E-state index is 0.0789. The molecule has 3 aromatic rings. The third-order valence-electron chi connectivity index (χ3n) is 4.19. The maximum absolute atomic E-state index is 5.97. The summed E-state index contributed by atoms with van der Waals surface area (Å²) >= 11 is 0. The number of nitrogens with zero attached hydrogens (tertiary/aromatic N) is 7. The molecule has 0 aromatic carbocycles. The highest BCUT2D eigenvalue weighted by molar-refractivity contribution is 5.56. The van der Waals surface area contributed by atoms with E-state index in [4.69, 9.17) is 4.74 Å². The molecule has 1 aliphatic heterocycles. The Morgan fingerprint density at radius 2 is 2.25 bits per heavy atom. The van der Waals surface area contributed by atoms with Gasteiger partial charge in [0.1, 0.15) is 5.69 Å². The van der Waals surface area contributed by atoms with Crippen LogP contribution in [-0.4, -0.2) is 47.2 Å². The Labute approximate surface area is 139 Å². The van der Waals surface area contributed by atoms with Gasteiger partial charge in [0.25, 0.3) is 0 Å². The van der Waals surface area contributed by atoms with Crippen molar-refractivity contribution in [2.45, 2.75) is 25.8 Å². The molecule has 0 bridgehead atoms. The summed E-state index contributed by atoms with van der Waals surface area (Å²) in [5.41, 5.74) is 3.96. The monoisotopic (exact) mass is 328 g/mol. The van der Waals surface area contributed by atoms with Crippen LogP contribution in [-0.2, 0) is 38.5 Å². The van der Waals surface area contributed by atoms with Crippen molar-refractivity contribution >= 4 is 0 Å². The Bertz CT molecular complexity index is 832. The Hall–Kier alpha value is -2.52. The van der Waals surface area contributed by atoms with E-state index in [2.05, 4.69) is 25.8 Å². The minimum atomic E-state index is 0.0789. The van der Waals surface area contributed by atoms with E-state index in [0.717, 1.165) is 35.7 Å². The van der Waals surface area contributed by atoms with Crippen LogP contribution in [0.25, 0.3) is 11.4 Å². The van der Waals surface area contributed by atoms with Crippen LogP contribution in [0.5, 0.6) is 0 Å². The number of ether oxygens (including phenoxy) is 1. The second kappa shape index (κ2) is 6.17. The highest BCUT2D eigenvalue weighted by Gasteiger charge is 2.25. The molecule has 0 aliphatic carbocycles. The topological polar surface area (TPSA) is 87.6 Å². The van der Waals surface area contributed by atoms with Crippen LogP contribution in [0.2, 0.25) is 0 Å². The number of hydrogen-bond acceptors (Lipinski definition) is 6. The van der Waals surface area contributed by atoms with Crippen molar-refractivity contribution in [2.75, 3.05) is 6.54 Å². The molecule has 0 fully saturated rings. The molecule has 0 amide bonds. The van der Waals surface area contributed by atoms with Crippen LogP contribution >= 0.6 is 0 Å². The quantitative estimate of drug-likeness (QED) is 0.715. The van der Waals surface area contributed by atoms with E-state index < -0.39 is 0 Å². The summed E-state index contributed by atoms with van der Waals surface area (Å²) in [5.74, 6) is 0. The number of rotatable bonds is 5. The number of fused-ring (bicyclic) bond motifs is 1. The summed E-state index contributed by atoms with van der Waals surface area (Å²) in [6.45, 7) is 2.74. The summed E-state index contributed by atoms with van der Waals surface area (Å²) in [4.78, 5) is 0. The fourth-order valence-corrected chi connectivity index (χ4v) is 2.93. The summed E-state index contributed by atoms with van der Waals surface area (Å²) in [6, 6.07) is 1.94. The predicted molar refractivity (Wildman–Crippen MR) is 85.7 cm³/mol. The molecule has 1 unspecified atom stereocenters. The van der Waals surface area contributed by atoms with E-state index in [0.29, 0.717) is 13.2 Å². The Balaban J connectivity index is 1.38. The third-order valence-corrected chi connectivity index (χ3v) is 4.19. The summed E-state index contributed by atoms with van der Waals surface area (Å²) in [5, 5.41) is 20.3. The van der Waals surface area contributed by atoms with E-state index >= 15 is 0 Å². The predicted octanol–water partition coefficient (Wildman–Crippen LogP) is 0.101. The van der Waals surface area contributed by atoms with Gasteiger partial charge in [-0.15, -0.1) is 5.10 Å². The Morgan fingerprint density at radius 3 is 3.00 bits per heavy atom. The maximum atomic E-state index is 5.97. The fourth-order valence-electron chi connectivity index (χ4n) is 2.93. The molecule has 1 aliphatic rings. The third kappa shape index (κ3) is 2.83. The first-order chi connectivity index (χ1) is 11.7. The molecule has 1 atom stereocenters. The molecule has 126 valence electrons. The number of nitrogens with one attached hydrogen (secondary N) is 1. The van der Waals surface area contributed by atoms with Gasteiger partial charge in [0.05, 0.1) is 36.8 Å². The van der Waals surface area contributed by atoms with Gasteiger partial charge in [0.15, 0.2) is 0 Å². The van der Waals surface area contributed by atoms with Crippen LogP contribution in [0.1, 0.15) is 11.3 Å². The van der Waals surface area contributed by atoms with Crippen molar-refractivity contribution < 1.29 is 4.74 Å². The lowest BCUT2D eigenvalue weighted by Gasteiger charge is -2.24. The van der Waals surface area contributed by atoms with E-state index in [9.17, 15) is 0 Å². The Kier molecular flexibility index (Phi) is 3.87. The highest BCUT2D eigenvalue weighted by atomic mass is 16.5. The molecule has 0 saturated carbocycles. The van der Waals surface area contributed by atoms with Crippen LogP contribution < -0.4 is 5.32 Å². The number of hydrogen-bond donors (Lipinski definition) is 1. The summed E-state index contributed by atoms with van der Waals surface area (Å²) in [6.07, 6.45) is 5.71. The van der Waals surface area contributed by atoms with Gasteiger partial charge in [-0.2, -0.15) is 10.2 Å². The van der Waals surface area contributed by atoms with Gasteiger partial charge in [0.2, 0.25) is 0 Å². The molecule has 9 nitrogen and oxygen atoms in total. The zero-order chi connectivity index (χ0) is 16.5. The van der Waals surface area contributed by atoms with Crippen molar-refractivity contribution in [3.8, 4) is 11.4 Å². The van der Waals surface area contributed by atoms with Crippen molar-refractivity contribution in [2.24, 2.45) is 14.1 Å². The lowest BCUT2D eigenvalue weighted by atomic mass is 10.2. The van der Waals surface area contributed by atoms with Gasteiger partial charge in [-0.1, -0.05) is 5.21 Å². The molecular formula is C15H20N8O. The molecule has 24 heavy (non-hydrogen) atoms. The van der Waals surface area contributed by atoms with E-state index in [1.807, 2.05) is 37.2 Å². The average molecular weight is 328 g/mol. The zero-order valence-electron chi connectivity index (χ0n) is 13.8. The van der Waals surface area contributed by atoms with Gasteiger partial charge >= 0.3 is 0 Å². The van der Waals surface area contributed by atoms with Crippen molar-refractivity contribution in [3.63, 3.8) is 0 Å². The first-order valence-corrected chi connectivity index (χ1v) is 7.91. The van der Waals surface area contributed by atoms with Crippen LogP contribution in [0.15, 0.2) is 24.7 Å². The van der Waals surface area contributed by atoms with Crippen molar-refractivity contribution in [1.29, 1.82) is 0 Å². The summed E-state index contributed by atoms with van der Waals surface area (Å²) in [7, 11) is 3.82. The molecule has 4 rings (SSSR count). The first-order valence-electron chi connectivity index (χ1n) is 7.91. The van der Waals surface area contributed by atoms with Crippen LogP contribution in [0, 0.1) is 0 Å². The average Bonchev–Trinajstić information content (AvgIpc) is 3.27. The molecule has 3 aromatic heterocycles. The lowest BCUT2D eigenvalue weighted by molar-refractivity contribution is 0.00123. The van der Waals surface area contributed by atoms with Crippen LogP contribution in [0.4, 0.5) is 0 Å². The molecule has 0 spiro atoms. The minimum Gasteiger partial charge on any atom is -0.369 e. The highest BCUT2D eigenvalue weighted by Crippen LogP contribution is 2.24. The first kappa shape index (κ1) is 15.0. The molecule has 0 radical (unpaired) electrons. The normalized spacial score (nSPS) is 17.2. The molecule has 9 heteroatoms. The smallest absolute Gasteiger partial charge is 0.136 e. The van der Waals surface area contributed by atoms with Gasteiger partial charge in [-0.05, 0) is 6.07 Å². The largest absolute Gasteiger partial charge is 0.369 e. The van der Waals surface area contributed by atoms with Gasteiger partial charge in [-0.25, -0.2) is 4.68 Å². The van der Waals surface area contributed by atoms with Crippen molar-refractivity contribution in [3.05, 3.63) is 35.9 Å². The molecular weight excluding hydrogens is 308 g/mol. The van der Waals surface area contributed by atoms with E-state index in [1.54, 1.807) is 15.6 Å².